The maximum atomic E-state index is 13.7. The van der Waals surface area contributed by atoms with Gasteiger partial charge in [-0.15, -0.1) is 0 Å². The SMILES string of the molecule is CNC(=O)c1cc(NC(=O)N2CCN3CCCCC3C2)ccc1F. The summed E-state index contributed by atoms with van der Waals surface area (Å²) in [5, 5.41) is 5.17. The molecule has 7 heteroatoms. The quantitative estimate of drug-likeness (QED) is 0.868. The largest absolute Gasteiger partial charge is 0.355 e. The summed E-state index contributed by atoms with van der Waals surface area (Å²) in [6.07, 6.45) is 3.58. The van der Waals surface area contributed by atoms with E-state index in [1.54, 1.807) is 4.90 Å². The number of carbonyl (C=O) groups excluding carboxylic acids is 2. The molecule has 24 heavy (non-hydrogen) atoms. The highest BCUT2D eigenvalue weighted by molar-refractivity contribution is 5.97. The third-order valence-electron chi connectivity index (χ3n) is 4.81. The van der Waals surface area contributed by atoms with Crippen LogP contribution >= 0.6 is 0 Å². The molecule has 130 valence electrons. The highest BCUT2D eigenvalue weighted by Crippen LogP contribution is 2.22. The predicted octanol–water partition coefficient (Wildman–Crippen LogP) is 1.89. The fourth-order valence-electron chi connectivity index (χ4n) is 3.45. The molecule has 3 rings (SSSR count). The fourth-order valence-corrected chi connectivity index (χ4v) is 3.45. The van der Waals surface area contributed by atoms with Crippen LogP contribution in [0.15, 0.2) is 18.2 Å². The first-order valence-corrected chi connectivity index (χ1v) is 8.40. The van der Waals surface area contributed by atoms with Gasteiger partial charge in [0.1, 0.15) is 5.82 Å². The number of rotatable bonds is 2. The highest BCUT2D eigenvalue weighted by Gasteiger charge is 2.31. The van der Waals surface area contributed by atoms with Crippen LogP contribution in [-0.4, -0.2) is 61.0 Å². The lowest BCUT2D eigenvalue weighted by molar-refractivity contribution is 0.0678. The van der Waals surface area contributed by atoms with E-state index in [9.17, 15) is 14.0 Å². The first-order valence-electron chi connectivity index (χ1n) is 8.40. The standard InChI is InChI=1S/C17H23FN4O2/c1-19-16(23)14-10-12(5-6-15(14)18)20-17(24)22-9-8-21-7-3-2-4-13(21)11-22/h5-6,10,13H,2-4,7-9,11H2,1H3,(H,19,23)(H,20,24). The van der Waals surface area contributed by atoms with Crippen molar-refractivity contribution in [1.82, 2.24) is 15.1 Å². The number of urea groups is 1. The first kappa shape index (κ1) is 16.7. The molecule has 0 aromatic heterocycles. The maximum Gasteiger partial charge on any atom is 0.321 e. The Hall–Kier alpha value is -2.15. The summed E-state index contributed by atoms with van der Waals surface area (Å²) in [5.41, 5.74) is 0.346. The van der Waals surface area contributed by atoms with Crippen LogP contribution in [0.25, 0.3) is 0 Å². The number of nitrogens with zero attached hydrogens (tertiary/aromatic N) is 2. The second-order valence-corrected chi connectivity index (χ2v) is 6.34. The Kier molecular flexibility index (Phi) is 4.99. The number of amides is 3. The molecular weight excluding hydrogens is 311 g/mol. The monoisotopic (exact) mass is 334 g/mol. The van der Waals surface area contributed by atoms with Crippen molar-refractivity contribution in [2.45, 2.75) is 25.3 Å². The van der Waals surface area contributed by atoms with E-state index in [2.05, 4.69) is 15.5 Å². The van der Waals surface area contributed by atoms with E-state index in [1.807, 2.05) is 0 Å². The Labute approximate surface area is 141 Å². The third kappa shape index (κ3) is 3.51. The summed E-state index contributed by atoms with van der Waals surface area (Å²) in [4.78, 5) is 28.4. The molecule has 1 aromatic rings. The Balaban J connectivity index is 1.65. The molecule has 1 unspecified atom stereocenters. The molecule has 2 aliphatic heterocycles. The minimum atomic E-state index is -0.608. The van der Waals surface area contributed by atoms with Crippen molar-refractivity contribution in [2.24, 2.45) is 0 Å². The number of piperidine rings is 1. The van der Waals surface area contributed by atoms with Crippen molar-refractivity contribution in [1.29, 1.82) is 0 Å². The summed E-state index contributed by atoms with van der Waals surface area (Å²) in [5.74, 6) is -1.12. The Morgan fingerprint density at radius 3 is 2.83 bits per heavy atom. The molecule has 3 amide bonds. The molecule has 2 fully saturated rings. The van der Waals surface area contributed by atoms with Crippen LogP contribution in [-0.2, 0) is 0 Å². The van der Waals surface area contributed by atoms with Gasteiger partial charge in [-0.25, -0.2) is 9.18 Å². The molecule has 1 aromatic carbocycles. The second kappa shape index (κ2) is 7.17. The van der Waals surface area contributed by atoms with Crippen LogP contribution in [0.2, 0.25) is 0 Å². The molecule has 0 spiro atoms. The molecule has 2 aliphatic rings. The van der Waals surface area contributed by atoms with E-state index in [0.717, 1.165) is 26.1 Å². The topological polar surface area (TPSA) is 64.7 Å². The number of benzene rings is 1. The summed E-state index contributed by atoms with van der Waals surface area (Å²) in [6, 6.07) is 4.27. The van der Waals surface area contributed by atoms with Gasteiger partial charge in [0, 0.05) is 38.4 Å². The lowest BCUT2D eigenvalue weighted by Gasteiger charge is -2.43. The minimum Gasteiger partial charge on any atom is -0.355 e. The number of anilines is 1. The van der Waals surface area contributed by atoms with Crippen molar-refractivity contribution < 1.29 is 14.0 Å². The average Bonchev–Trinajstić information content (AvgIpc) is 2.62. The molecule has 2 saturated heterocycles. The van der Waals surface area contributed by atoms with Crippen molar-refractivity contribution in [3.8, 4) is 0 Å². The lowest BCUT2D eigenvalue weighted by Crippen LogP contribution is -2.56. The van der Waals surface area contributed by atoms with E-state index >= 15 is 0 Å². The third-order valence-corrected chi connectivity index (χ3v) is 4.81. The van der Waals surface area contributed by atoms with Crippen molar-refractivity contribution in [3.63, 3.8) is 0 Å². The molecule has 2 N–H and O–H groups in total. The second-order valence-electron chi connectivity index (χ2n) is 6.34. The smallest absolute Gasteiger partial charge is 0.321 e. The van der Waals surface area contributed by atoms with E-state index in [-0.39, 0.29) is 11.6 Å². The van der Waals surface area contributed by atoms with Crippen LogP contribution in [0.5, 0.6) is 0 Å². The molecule has 0 saturated carbocycles. The van der Waals surface area contributed by atoms with Crippen LogP contribution in [0.4, 0.5) is 14.9 Å². The minimum absolute atomic E-state index is 0.0765. The number of hydrogen-bond donors (Lipinski definition) is 2. The van der Waals surface area contributed by atoms with Gasteiger partial charge in [0.25, 0.3) is 5.91 Å². The zero-order valence-electron chi connectivity index (χ0n) is 13.8. The van der Waals surface area contributed by atoms with Gasteiger partial charge in [0.05, 0.1) is 5.56 Å². The molecule has 2 heterocycles. The number of halogens is 1. The summed E-state index contributed by atoms with van der Waals surface area (Å²) < 4.78 is 13.7. The highest BCUT2D eigenvalue weighted by atomic mass is 19.1. The van der Waals surface area contributed by atoms with Gasteiger partial charge in [-0.1, -0.05) is 6.42 Å². The van der Waals surface area contributed by atoms with Gasteiger partial charge in [-0.3, -0.25) is 9.69 Å². The number of fused-ring (bicyclic) bond motifs is 1. The molecule has 0 aliphatic carbocycles. The molecular formula is C17H23FN4O2. The van der Waals surface area contributed by atoms with Gasteiger partial charge < -0.3 is 15.5 Å². The first-order chi connectivity index (χ1) is 11.6. The van der Waals surface area contributed by atoms with E-state index in [1.165, 1.54) is 38.1 Å². The maximum absolute atomic E-state index is 13.7. The van der Waals surface area contributed by atoms with E-state index in [4.69, 9.17) is 0 Å². The Bertz CT molecular complexity index is 637. The summed E-state index contributed by atoms with van der Waals surface area (Å²) >= 11 is 0. The normalized spacial score (nSPS) is 21.1. The molecule has 0 radical (unpaired) electrons. The zero-order valence-corrected chi connectivity index (χ0v) is 13.8. The fraction of sp³-hybridized carbons (Fsp3) is 0.529. The molecule has 0 bridgehead atoms. The Morgan fingerprint density at radius 2 is 2.04 bits per heavy atom. The van der Waals surface area contributed by atoms with Gasteiger partial charge in [-0.2, -0.15) is 0 Å². The molecule has 6 nitrogen and oxygen atoms in total. The van der Waals surface area contributed by atoms with Gasteiger partial charge in [0.2, 0.25) is 0 Å². The average molecular weight is 334 g/mol. The van der Waals surface area contributed by atoms with Crippen LogP contribution in [0.1, 0.15) is 29.6 Å². The van der Waals surface area contributed by atoms with Crippen molar-refractivity contribution >= 4 is 17.6 Å². The summed E-state index contributed by atoms with van der Waals surface area (Å²) in [7, 11) is 1.44. The Morgan fingerprint density at radius 1 is 1.21 bits per heavy atom. The van der Waals surface area contributed by atoms with Crippen LogP contribution in [0, 0.1) is 5.82 Å². The van der Waals surface area contributed by atoms with Crippen molar-refractivity contribution in [3.05, 3.63) is 29.6 Å². The number of nitrogens with one attached hydrogen (secondary N) is 2. The van der Waals surface area contributed by atoms with Gasteiger partial charge in [-0.05, 0) is 37.6 Å². The molecule has 1 atom stereocenters. The van der Waals surface area contributed by atoms with Crippen LogP contribution < -0.4 is 10.6 Å². The van der Waals surface area contributed by atoms with E-state index < -0.39 is 11.7 Å². The predicted molar refractivity (Wildman–Crippen MR) is 89.6 cm³/mol. The van der Waals surface area contributed by atoms with Gasteiger partial charge >= 0.3 is 6.03 Å². The van der Waals surface area contributed by atoms with Gasteiger partial charge in [0.15, 0.2) is 0 Å². The number of hydrogen-bond acceptors (Lipinski definition) is 3. The van der Waals surface area contributed by atoms with Crippen molar-refractivity contribution in [2.75, 3.05) is 38.5 Å². The lowest BCUT2D eigenvalue weighted by atomic mass is 10.00. The van der Waals surface area contributed by atoms with E-state index in [0.29, 0.717) is 18.3 Å². The zero-order chi connectivity index (χ0) is 17.1. The number of carbonyl (C=O) groups is 2. The summed E-state index contributed by atoms with van der Waals surface area (Å²) in [6.45, 7) is 3.42. The number of piperazine rings is 1. The van der Waals surface area contributed by atoms with Crippen LogP contribution in [0.3, 0.4) is 0 Å².